The number of nitrogens with zero attached hydrogens (tertiary/aromatic N) is 6. The molecule has 0 fully saturated rings. The highest BCUT2D eigenvalue weighted by atomic mass is 16.5. The molecule has 13 rings (SSSR count). The third-order valence-corrected chi connectivity index (χ3v) is 13.5. The van der Waals surface area contributed by atoms with Crippen LogP contribution in [0.1, 0.15) is 0 Å². The number of methoxy groups -OCH3 is 4. The van der Waals surface area contributed by atoms with Gasteiger partial charge >= 0.3 is 0 Å². The minimum atomic E-state index is 0.459. The SMILES string of the molecule is COc1ccccc1-c1cccc2c1-c1nc-2nc2[nH]c(nc3nc(nc4[nH]c(n1)c1cccc(-c5ccccc5OC)c41)-c1cccc(-c4ccccc4OC)c1-3)c1cccc(-c3ccccc3OC)c21. The average Bonchev–Trinajstić information content (AvgIpc) is 4.19. The summed E-state index contributed by atoms with van der Waals surface area (Å²) >= 11 is 0. The summed E-state index contributed by atoms with van der Waals surface area (Å²) in [6.07, 6.45) is 0. The maximum absolute atomic E-state index is 5.96. The van der Waals surface area contributed by atoms with Gasteiger partial charge in [0.15, 0.2) is 23.3 Å². The Hall–Kier alpha value is -9.68. The van der Waals surface area contributed by atoms with Crippen LogP contribution in [0.5, 0.6) is 23.0 Å². The lowest BCUT2D eigenvalue weighted by Crippen LogP contribution is -1.91. The fourth-order valence-corrected chi connectivity index (χ4v) is 10.4. The van der Waals surface area contributed by atoms with Gasteiger partial charge in [0, 0.05) is 66.1 Å². The van der Waals surface area contributed by atoms with Gasteiger partial charge in [0.2, 0.25) is 0 Å². The lowest BCUT2D eigenvalue weighted by atomic mass is 9.95. The molecule has 8 bridgehead atoms. The molecule has 12 heteroatoms. The van der Waals surface area contributed by atoms with Crippen LogP contribution in [0, 0.1) is 0 Å². The van der Waals surface area contributed by atoms with Gasteiger partial charge in [0.05, 0.1) is 28.4 Å². The van der Waals surface area contributed by atoms with Crippen molar-refractivity contribution >= 4 is 44.1 Å². The van der Waals surface area contributed by atoms with Crippen LogP contribution in [0.15, 0.2) is 170 Å². The van der Waals surface area contributed by atoms with Gasteiger partial charge in [0.1, 0.15) is 45.6 Å². The van der Waals surface area contributed by atoms with Gasteiger partial charge in [-0.05, 0) is 46.5 Å². The highest BCUT2D eigenvalue weighted by Gasteiger charge is 2.28. The zero-order valence-electron chi connectivity index (χ0n) is 39.5. The van der Waals surface area contributed by atoms with E-state index in [4.69, 9.17) is 48.9 Å². The molecule has 12 nitrogen and oxygen atoms in total. The van der Waals surface area contributed by atoms with Crippen molar-refractivity contribution in [2.24, 2.45) is 0 Å². The van der Waals surface area contributed by atoms with Crippen molar-refractivity contribution in [3.63, 3.8) is 0 Å². The van der Waals surface area contributed by atoms with E-state index in [2.05, 4.69) is 58.5 Å². The van der Waals surface area contributed by atoms with E-state index in [1.807, 2.05) is 121 Å². The fourth-order valence-electron chi connectivity index (χ4n) is 10.4. The van der Waals surface area contributed by atoms with E-state index in [1.165, 1.54) is 0 Å². The number of rotatable bonds is 8. The predicted molar refractivity (Wildman–Crippen MR) is 284 cm³/mol. The fraction of sp³-hybridized carbons (Fsp3) is 0.0667. The van der Waals surface area contributed by atoms with Crippen molar-refractivity contribution in [2.75, 3.05) is 28.4 Å². The number of aromatic nitrogens is 8. The summed E-state index contributed by atoms with van der Waals surface area (Å²) in [6.45, 7) is 0. The number of aromatic amines is 2. The Morgan fingerprint density at radius 3 is 0.931 bits per heavy atom. The molecule has 0 aliphatic carbocycles. The highest BCUT2D eigenvalue weighted by molar-refractivity contribution is 6.15. The van der Waals surface area contributed by atoms with Gasteiger partial charge < -0.3 is 28.9 Å². The molecule has 0 saturated heterocycles. The number of nitrogens with one attached hydrogen (secondary N) is 2. The van der Waals surface area contributed by atoms with Gasteiger partial charge in [-0.2, -0.15) is 0 Å². The Labute approximate surface area is 412 Å². The van der Waals surface area contributed by atoms with Crippen molar-refractivity contribution in [3.05, 3.63) is 170 Å². The molecule has 0 unspecified atom stereocenters. The average molecular weight is 939 g/mol. The van der Waals surface area contributed by atoms with E-state index in [9.17, 15) is 0 Å². The first-order chi connectivity index (χ1) is 35.5. The summed E-state index contributed by atoms with van der Waals surface area (Å²) in [6, 6.07) is 56.5. The predicted octanol–water partition coefficient (Wildman–Crippen LogP) is 13.6. The lowest BCUT2D eigenvalue weighted by Gasteiger charge is -2.12. The third-order valence-electron chi connectivity index (χ3n) is 13.5. The molecular formula is C60H42N8O4. The van der Waals surface area contributed by atoms with E-state index < -0.39 is 0 Å². The van der Waals surface area contributed by atoms with Crippen molar-refractivity contribution in [2.45, 2.75) is 0 Å². The number of fused-ring (bicyclic) bond motifs is 20. The van der Waals surface area contributed by atoms with Gasteiger partial charge in [-0.1, -0.05) is 146 Å². The zero-order chi connectivity index (χ0) is 48.5. The first kappa shape index (κ1) is 42.4. The largest absolute Gasteiger partial charge is 0.496 e. The summed E-state index contributed by atoms with van der Waals surface area (Å²) < 4.78 is 23.8. The third kappa shape index (κ3) is 6.68. The molecular weight excluding hydrogens is 897 g/mol. The molecule has 5 heterocycles. The van der Waals surface area contributed by atoms with E-state index >= 15 is 0 Å². The van der Waals surface area contributed by atoms with Gasteiger partial charge in [0.25, 0.3) is 0 Å². The van der Waals surface area contributed by atoms with Gasteiger partial charge in [-0.3, -0.25) is 0 Å². The second-order valence-corrected chi connectivity index (χ2v) is 17.3. The topological polar surface area (TPSA) is 146 Å². The van der Waals surface area contributed by atoms with Crippen molar-refractivity contribution in [1.82, 2.24) is 39.9 Å². The van der Waals surface area contributed by atoms with Crippen molar-refractivity contribution in [1.29, 1.82) is 0 Å². The van der Waals surface area contributed by atoms with Gasteiger partial charge in [-0.15, -0.1) is 0 Å². The van der Waals surface area contributed by atoms with Crippen LogP contribution in [0.2, 0.25) is 0 Å². The number of benzene rings is 8. The molecule has 0 atom stereocenters. The second kappa shape index (κ2) is 17.1. The molecule has 0 radical (unpaired) electrons. The Balaban J connectivity index is 1.23. The highest BCUT2D eigenvalue weighted by Crippen LogP contribution is 2.47. The van der Waals surface area contributed by atoms with E-state index in [0.29, 0.717) is 57.4 Å². The van der Waals surface area contributed by atoms with Crippen LogP contribution in [0.25, 0.3) is 134 Å². The second-order valence-electron chi connectivity index (χ2n) is 17.3. The van der Waals surface area contributed by atoms with Crippen molar-refractivity contribution in [3.8, 4) is 113 Å². The molecule has 2 aliphatic rings. The molecule has 72 heavy (non-hydrogen) atoms. The molecule has 0 saturated carbocycles. The first-order valence-corrected chi connectivity index (χ1v) is 23.4. The Morgan fingerprint density at radius 2 is 0.556 bits per heavy atom. The maximum atomic E-state index is 5.96. The van der Waals surface area contributed by atoms with Crippen LogP contribution in [-0.2, 0) is 0 Å². The number of ether oxygens (including phenoxy) is 4. The summed E-state index contributed by atoms with van der Waals surface area (Å²) in [5.74, 6) is 4.71. The molecule has 3 aromatic heterocycles. The van der Waals surface area contributed by atoms with E-state index in [1.54, 1.807) is 28.4 Å². The molecule has 0 spiro atoms. The Bertz CT molecular complexity index is 3930. The minimum absolute atomic E-state index is 0.459. The summed E-state index contributed by atoms with van der Waals surface area (Å²) in [4.78, 5) is 40.0. The molecule has 8 aromatic carbocycles. The van der Waals surface area contributed by atoms with Crippen LogP contribution >= 0.6 is 0 Å². The van der Waals surface area contributed by atoms with Gasteiger partial charge in [-0.25, -0.2) is 29.9 Å². The zero-order valence-corrected chi connectivity index (χ0v) is 39.5. The monoisotopic (exact) mass is 938 g/mol. The standard InChI is InChI=1S/C60H42N8O4/c1-69-45-29-9-5-17-33(45)37-21-13-25-41-49(37)57-61-53(41)66-58-51-39(35-19-7-11-31-47(35)71-3)23-15-27-43(51)55(63-58)68-60-52-40(36-20-8-12-32-48(36)72-4)24-16-28-44(52)56(64-60)67-59-50-38(34-18-6-10-30-46(34)70-2)22-14-26-42(50)54(62-59)65-57/h5-32H,1-4H3,(H2,61,62,63,64,65,66,67,68). The first-order valence-electron chi connectivity index (χ1n) is 23.4. The number of H-pyrrole nitrogens is 2. The lowest BCUT2D eigenvalue weighted by molar-refractivity contribution is 0.416. The van der Waals surface area contributed by atoms with Crippen molar-refractivity contribution < 1.29 is 18.9 Å². The molecule has 11 aromatic rings. The molecule has 2 aliphatic heterocycles. The number of hydrogen-bond donors (Lipinski definition) is 2. The van der Waals surface area contributed by atoms with Crippen LogP contribution in [-0.4, -0.2) is 68.3 Å². The Morgan fingerprint density at radius 1 is 0.264 bits per heavy atom. The summed E-state index contributed by atoms with van der Waals surface area (Å²) in [7, 11) is 6.73. The molecule has 0 amide bonds. The smallest absolute Gasteiger partial charge is 0.165 e. The summed E-state index contributed by atoms with van der Waals surface area (Å²) in [5.41, 5.74) is 12.5. The molecule has 346 valence electrons. The number of para-hydroxylation sites is 4. The van der Waals surface area contributed by atoms with E-state index in [-0.39, 0.29) is 0 Å². The normalized spacial score (nSPS) is 11.6. The summed E-state index contributed by atoms with van der Waals surface area (Å²) in [5, 5.41) is 3.30. The maximum Gasteiger partial charge on any atom is 0.165 e. The Kier molecular flexibility index (Phi) is 10.1. The van der Waals surface area contributed by atoms with Crippen LogP contribution in [0.4, 0.5) is 0 Å². The number of hydrogen-bond acceptors (Lipinski definition) is 10. The minimum Gasteiger partial charge on any atom is -0.496 e. The van der Waals surface area contributed by atoms with Crippen LogP contribution < -0.4 is 18.9 Å². The quantitative estimate of drug-likeness (QED) is 0.151. The molecule has 2 N–H and O–H groups in total. The van der Waals surface area contributed by atoms with Crippen LogP contribution in [0.3, 0.4) is 0 Å². The van der Waals surface area contributed by atoms with E-state index in [0.717, 1.165) is 99.8 Å².